The van der Waals surface area contributed by atoms with Crippen molar-refractivity contribution in [1.82, 2.24) is 4.98 Å². The fourth-order valence-corrected chi connectivity index (χ4v) is 3.82. The van der Waals surface area contributed by atoms with Crippen molar-refractivity contribution in [2.24, 2.45) is 0 Å². The van der Waals surface area contributed by atoms with E-state index in [1.54, 1.807) is 0 Å². The Kier molecular flexibility index (Phi) is 4.78. The van der Waals surface area contributed by atoms with Gasteiger partial charge in [-0.05, 0) is 28.1 Å². The smallest absolute Gasteiger partial charge is 0.309 e. The molecule has 118 valence electrons. The lowest BCUT2D eigenvalue weighted by Gasteiger charge is -2.07. The molecule has 11 heteroatoms. The lowest BCUT2D eigenvalue weighted by molar-refractivity contribution is -0.136. The maximum absolute atomic E-state index is 13.7. The Labute approximate surface area is 136 Å². The lowest BCUT2D eigenvalue weighted by atomic mass is 10.3. The highest BCUT2D eigenvalue weighted by Gasteiger charge is 2.23. The summed E-state index contributed by atoms with van der Waals surface area (Å²) in [5, 5.41) is 9.82. The largest absolute Gasteiger partial charge is 0.481 e. The number of carbonyl (C=O) groups is 1. The van der Waals surface area contributed by atoms with Gasteiger partial charge < -0.3 is 5.11 Å². The van der Waals surface area contributed by atoms with Crippen LogP contribution in [0.25, 0.3) is 0 Å². The number of hydrogen-bond acceptors (Lipinski definition) is 5. The molecule has 1 heterocycles. The molecule has 0 bridgehead atoms. The molecule has 1 aromatic heterocycles. The highest BCUT2D eigenvalue weighted by Crippen LogP contribution is 2.26. The molecule has 0 saturated carbocycles. The molecule has 0 spiro atoms. The number of nitrogens with one attached hydrogen (secondary N) is 1. The van der Waals surface area contributed by atoms with Crippen molar-refractivity contribution in [3.8, 4) is 0 Å². The van der Waals surface area contributed by atoms with E-state index in [1.807, 2.05) is 4.72 Å². The van der Waals surface area contributed by atoms with Gasteiger partial charge in [-0.15, -0.1) is 11.3 Å². The zero-order valence-corrected chi connectivity index (χ0v) is 13.7. The Hall–Kier alpha value is -1.59. The fourth-order valence-electron chi connectivity index (χ4n) is 1.47. The zero-order chi connectivity index (χ0) is 16.5. The number of nitrogens with zero attached hydrogens (tertiary/aromatic N) is 1. The number of carboxylic acids is 1. The third kappa shape index (κ3) is 3.78. The van der Waals surface area contributed by atoms with E-state index in [9.17, 15) is 22.0 Å². The van der Waals surface area contributed by atoms with Crippen LogP contribution in [0.1, 0.15) is 5.69 Å². The molecule has 0 radical (unpaired) electrons. The summed E-state index contributed by atoms with van der Waals surface area (Å²) in [5.41, 5.74) is 0.151. The van der Waals surface area contributed by atoms with Crippen molar-refractivity contribution < 1.29 is 27.1 Å². The second-order valence-electron chi connectivity index (χ2n) is 4.02. The zero-order valence-electron chi connectivity index (χ0n) is 10.5. The standard InChI is InChI=1S/C11H7BrF2N2O4S2/c12-6-2-8(14)9(3-7(6)13)22(19,20)16-11-15-5(4-21-11)1-10(17)18/h2-4H,1H2,(H,15,16)(H,17,18). The first-order valence-corrected chi connectivity index (χ1v) is 8.68. The quantitative estimate of drug-likeness (QED) is 0.735. The van der Waals surface area contributed by atoms with Crippen LogP contribution in [0.15, 0.2) is 26.9 Å². The molecule has 0 aliphatic carbocycles. The summed E-state index contributed by atoms with van der Waals surface area (Å²) in [6, 6.07) is 1.23. The van der Waals surface area contributed by atoms with Crippen molar-refractivity contribution in [2.75, 3.05) is 4.72 Å². The molecule has 1 aromatic carbocycles. The first kappa shape index (κ1) is 16.8. The minimum Gasteiger partial charge on any atom is -0.481 e. The van der Waals surface area contributed by atoms with Crippen LogP contribution in [0.2, 0.25) is 0 Å². The fraction of sp³-hybridized carbons (Fsp3) is 0.0909. The van der Waals surface area contributed by atoms with Gasteiger partial charge in [-0.25, -0.2) is 22.2 Å². The van der Waals surface area contributed by atoms with E-state index in [0.29, 0.717) is 12.1 Å². The molecule has 0 atom stereocenters. The molecule has 2 aromatic rings. The number of aliphatic carboxylic acids is 1. The minimum absolute atomic E-state index is 0.140. The van der Waals surface area contributed by atoms with E-state index >= 15 is 0 Å². The number of halogens is 3. The number of benzene rings is 1. The summed E-state index contributed by atoms with van der Waals surface area (Å²) in [7, 11) is -4.38. The highest BCUT2D eigenvalue weighted by molar-refractivity contribution is 9.10. The molecule has 0 saturated heterocycles. The number of aromatic nitrogens is 1. The van der Waals surface area contributed by atoms with E-state index in [-0.39, 0.29) is 21.7 Å². The van der Waals surface area contributed by atoms with Gasteiger partial charge in [0.1, 0.15) is 16.5 Å². The summed E-state index contributed by atoms with van der Waals surface area (Å²) in [5.74, 6) is -3.20. The lowest BCUT2D eigenvalue weighted by Crippen LogP contribution is -2.15. The first-order chi connectivity index (χ1) is 10.2. The van der Waals surface area contributed by atoms with Gasteiger partial charge in [-0.3, -0.25) is 9.52 Å². The predicted molar refractivity (Wildman–Crippen MR) is 78.3 cm³/mol. The van der Waals surface area contributed by atoms with E-state index in [2.05, 4.69) is 20.9 Å². The molecule has 6 nitrogen and oxygen atoms in total. The Balaban J connectivity index is 2.30. The van der Waals surface area contributed by atoms with Gasteiger partial charge in [-0.1, -0.05) is 0 Å². The van der Waals surface area contributed by atoms with Crippen LogP contribution in [0.4, 0.5) is 13.9 Å². The highest BCUT2D eigenvalue weighted by atomic mass is 79.9. The molecule has 0 fully saturated rings. The van der Waals surface area contributed by atoms with Crippen LogP contribution >= 0.6 is 27.3 Å². The molecular weight excluding hydrogens is 406 g/mol. The third-order valence-electron chi connectivity index (χ3n) is 2.37. The molecule has 2 rings (SSSR count). The summed E-state index contributed by atoms with van der Waals surface area (Å²) in [6.45, 7) is 0. The Morgan fingerprint density at radius 3 is 2.68 bits per heavy atom. The van der Waals surface area contributed by atoms with Crippen molar-refractivity contribution in [3.63, 3.8) is 0 Å². The first-order valence-electron chi connectivity index (χ1n) is 5.52. The molecule has 22 heavy (non-hydrogen) atoms. The van der Waals surface area contributed by atoms with Crippen molar-refractivity contribution in [1.29, 1.82) is 0 Å². The van der Waals surface area contributed by atoms with Gasteiger partial charge in [0.15, 0.2) is 5.13 Å². The normalized spacial score (nSPS) is 11.4. The molecule has 0 unspecified atom stereocenters. The SMILES string of the molecule is O=C(O)Cc1csc(NS(=O)(=O)c2cc(F)c(Br)cc2F)n1. The maximum Gasteiger partial charge on any atom is 0.309 e. The van der Waals surface area contributed by atoms with Gasteiger partial charge in [-0.2, -0.15) is 0 Å². The number of hydrogen-bond donors (Lipinski definition) is 2. The van der Waals surface area contributed by atoms with Crippen molar-refractivity contribution >= 4 is 48.4 Å². The van der Waals surface area contributed by atoms with Gasteiger partial charge in [0.25, 0.3) is 10.0 Å². The average Bonchev–Trinajstić information content (AvgIpc) is 2.79. The van der Waals surface area contributed by atoms with E-state index < -0.39 is 32.5 Å². The number of carboxylic acid groups (broad SMARTS) is 1. The summed E-state index contributed by atoms with van der Waals surface area (Å²) < 4.78 is 52.9. The van der Waals surface area contributed by atoms with Crippen LogP contribution in [0.5, 0.6) is 0 Å². The van der Waals surface area contributed by atoms with Gasteiger partial charge in [0.2, 0.25) is 0 Å². The molecule has 0 aliphatic heterocycles. The van der Waals surface area contributed by atoms with Gasteiger partial charge in [0, 0.05) is 5.38 Å². The minimum atomic E-state index is -4.38. The number of rotatable bonds is 5. The van der Waals surface area contributed by atoms with E-state index in [4.69, 9.17) is 5.11 Å². The predicted octanol–water partition coefficient (Wildman–Crippen LogP) is 2.61. The number of thiazole rings is 1. The topological polar surface area (TPSA) is 96.4 Å². The van der Waals surface area contributed by atoms with Crippen LogP contribution in [-0.2, 0) is 21.2 Å². The van der Waals surface area contributed by atoms with E-state index in [1.165, 1.54) is 5.38 Å². The Morgan fingerprint density at radius 1 is 1.36 bits per heavy atom. The van der Waals surface area contributed by atoms with Crippen molar-refractivity contribution in [2.45, 2.75) is 11.3 Å². The van der Waals surface area contributed by atoms with Gasteiger partial charge in [0.05, 0.1) is 16.6 Å². The summed E-state index contributed by atoms with van der Waals surface area (Å²) >= 11 is 3.58. The number of anilines is 1. The van der Waals surface area contributed by atoms with E-state index in [0.717, 1.165) is 11.3 Å². The Bertz CT molecular complexity index is 839. The van der Waals surface area contributed by atoms with Crippen LogP contribution in [0.3, 0.4) is 0 Å². The van der Waals surface area contributed by atoms with Gasteiger partial charge >= 0.3 is 5.97 Å². The van der Waals surface area contributed by atoms with Crippen LogP contribution in [0, 0.1) is 11.6 Å². The monoisotopic (exact) mass is 412 g/mol. The average molecular weight is 413 g/mol. The third-order valence-corrected chi connectivity index (χ3v) is 5.27. The molecule has 2 N–H and O–H groups in total. The maximum atomic E-state index is 13.7. The summed E-state index contributed by atoms with van der Waals surface area (Å²) in [6.07, 6.45) is -0.375. The van der Waals surface area contributed by atoms with Crippen LogP contribution < -0.4 is 4.72 Å². The van der Waals surface area contributed by atoms with Crippen LogP contribution in [-0.4, -0.2) is 24.5 Å². The molecule has 0 aliphatic rings. The molecule has 0 amide bonds. The number of sulfonamides is 1. The Morgan fingerprint density at radius 2 is 2.05 bits per heavy atom. The molecular formula is C11H7BrF2N2O4S2. The second-order valence-corrected chi connectivity index (χ2v) is 7.38. The summed E-state index contributed by atoms with van der Waals surface area (Å²) in [4.78, 5) is 13.4. The van der Waals surface area contributed by atoms with Crippen molar-refractivity contribution in [3.05, 3.63) is 39.3 Å². The second kappa shape index (κ2) is 6.26.